The lowest BCUT2D eigenvalue weighted by molar-refractivity contribution is -0.393. The smallest absolute Gasteiger partial charge is 0.301 e. The first-order chi connectivity index (χ1) is 17.2. The molecule has 0 saturated carbocycles. The summed E-state index contributed by atoms with van der Waals surface area (Å²) in [6.07, 6.45) is 1.33. The highest BCUT2D eigenvalue weighted by Gasteiger charge is 2.19. The van der Waals surface area contributed by atoms with Crippen molar-refractivity contribution < 1.29 is 24.2 Å². The minimum absolute atomic E-state index is 0.0388. The average molecular weight is 516 g/mol. The summed E-state index contributed by atoms with van der Waals surface area (Å²) in [5.41, 5.74) is 2.64. The molecule has 0 amide bonds. The number of hydrogen-bond donors (Lipinski definition) is 1. The molecule has 0 saturated heterocycles. The number of nitrogens with one attached hydrogen (secondary N) is 1. The van der Waals surface area contributed by atoms with E-state index in [2.05, 4.69) is 10.5 Å². The highest BCUT2D eigenvalue weighted by atomic mass is 35.5. The first-order valence-electron chi connectivity index (χ1n) is 10.2. The molecular formula is C22H18ClN5O8. The molecule has 0 aliphatic carbocycles. The average Bonchev–Trinajstić information content (AvgIpc) is 2.84. The number of nitro groups is 3. The summed E-state index contributed by atoms with van der Waals surface area (Å²) < 4.78 is 11.4. The number of hydrogen-bond acceptors (Lipinski definition) is 10. The van der Waals surface area contributed by atoms with Gasteiger partial charge in [-0.2, -0.15) is 5.10 Å². The van der Waals surface area contributed by atoms with Crippen LogP contribution >= 0.6 is 11.6 Å². The van der Waals surface area contributed by atoms with Gasteiger partial charge in [-0.15, -0.1) is 0 Å². The van der Waals surface area contributed by atoms with Crippen molar-refractivity contribution in [2.45, 2.75) is 13.5 Å². The number of anilines is 1. The molecule has 3 aromatic carbocycles. The van der Waals surface area contributed by atoms with E-state index in [0.717, 1.165) is 12.1 Å². The maximum absolute atomic E-state index is 11.3. The lowest BCUT2D eigenvalue weighted by atomic mass is 10.2. The van der Waals surface area contributed by atoms with Gasteiger partial charge in [0.2, 0.25) is 0 Å². The van der Waals surface area contributed by atoms with Crippen molar-refractivity contribution in [3.05, 3.63) is 101 Å². The van der Waals surface area contributed by atoms with Crippen LogP contribution in [0.15, 0.2) is 59.7 Å². The van der Waals surface area contributed by atoms with Gasteiger partial charge in [0.25, 0.3) is 11.4 Å². The zero-order valence-electron chi connectivity index (χ0n) is 18.6. The zero-order chi connectivity index (χ0) is 26.2. The Kier molecular flexibility index (Phi) is 8.30. The molecule has 0 fully saturated rings. The molecule has 36 heavy (non-hydrogen) atoms. The summed E-state index contributed by atoms with van der Waals surface area (Å²) >= 11 is 6.38. The first-order valence-corrected chi connectivity index (χ1v) is 10.6. The molecule has 0 bridgehead atoms. The number of rotatable bonds is 11. The fourth-order valence-corrected chi connectivity index (χ4v) is 3.26. The van der Waals surface area contributed by atoms with Crippen LogP contribution in [-0.4, -0.2) is 27.6 Å². The third kappa shape index (κ3) is 6.42. The van der Waals surface area contributed by atoms with E-state index >= 15 is 0 Å². The second-order valence-electron chi connectivity index (χ2n) is 7.06. The fourth-order valence-electron chi connectivity index (χ4n) is 2.99. The van der Waals surface area contributed by atoms with Crippen LogP contribution in [0.2, 0.25) is 5.02 Å². The van der Waals surface area contributed by atoms with Gasteiger partial charge in [0.1, 0.15) is 12.3 Å². The Balaban J connectivity index is 1.78. The number of halogens is 1. The molecule has 3 rings (SSSR count). The summed E-state index contributed by atoms with van der Waals surface area (Å²) in [5.74, 6) is 0.572. The van der Waals surface area contributed by atoms with E-state index in [1.807, 2.05) is 0 Å². The van der Waals surface area contributed by atoms with Crippen LogP contribution in [0.3, 0.4) is 0 Å². The van der Waals surface area contributed by atoms with Gasteiger partial charge in [0, 0.05) is 18.2 Å². The topological polar surface area (TPSA) is 172 Å². The molecule has 13 nitrogen and oxygen atoms in total. The SMILES string of the molecule is CCOc1cc(/C=N/Nc2ccc([N+](=O)[O-])cc2[N+](=O)[O-])cc(Cl)c1OCc1ccc([N+](=O)[O-])cc1. The van der Waals surface area contributed by atoms with Crippen molar-refractivity contribution in [2.24, 2.45) is 5.10 Å². The van der Waals surface area contributed by atoms with Gasteiger partial charge < -0.3 is 9.47 Å². The highest BCUT2D eigenvalue weighted by Crippen LogP contribution is 2.37. The molecule has 0 radical (unpaired) electrons. The van der Waals surface area contributed by atoms with Crippen LogP contribution < -0.4 is 14.9 Å². The van der Waals surface area contributed by atoms with Crippen LogP contribution in [0.25, 0.3) is 0 Å². The number of ether oxygens (including phenoxy) is 2. The molecule has 0 aromatic heterocycles. The van der Waals surface area contributed by atoms with E-state index in [1.54, 1.807) is 25.1 Å². The monoisotopic (exact) mass is 515 g/mol. The standard InChI is InChI=1S/C22H18ClN5O8/c1-2-35-21-10-15(12-24-25-19-8-7-17(27(31)32)11-20(19)28(33)34)9-18(23)22(21)36-13-14-3-5-16(6-4-14)26(29)30/h3-12,25H,2,13H2,1H3/b24-12+. The van der Waals surface area contributed by atoms with Crippen molar-refractivity contribution in [1.29, 1.82) is 0 Å². The van der Waals surface area contributed by atoms with Crippen molar-refractivity contribution >= 4 is 40.6 Å². The number of hydrazone groups is 1. The Bertz CT molecular complexity index is 1330. The van der Waals surface area contributed by atoms with E-state index in [-0.39, 0.29) is 28.8 Å². The van der Waals surface area contributed by atoms with Crippen LogP contribution in [0.5, 0.6) is 11.5 Å². The van der Waals surface area contributed by atoms with Gasteiger partial charge in [-0.25, -0.2) is 0 Å². The lowest BCUT2D eigenvalue weighted by Gasteiger charge is -2.14. The third-order valence-corrected chi connectivity index (χ3v) is 4.93. The quantitative estimate of drug-likeness (QED) is 0.197. The molecule has 0 atom stereocenters. The minimum atomic E-state index is -0.758. The molecule has 3 aromatic rings. The van der Waals surface area contributed by atoms with Crippen molar-refractivity contribution in [2.75, 3.05) is 12.0 Å². The Morgan fingerprint density at radius 1 is 0.917 bits per heavy atom. The maximum Gasteiger partial charge on any atom is 0.301 e. The van der Waals surface area contributed by atoms with E-state index in [1.165, 1.54) is 30.5 Å². The number of non-ortho nitro benzene ring substituents is 2. The molecule has 14 heteroatoms. The Labute approximate surface area is 208 Å². The number of nitro benzene ring substituents is 3. The third-order valence-electron chi connectivity index (χ3n) is 4.65. The zero-order valence-corrected chi connectivity index (χ0v) is 19.4. The number of nitrogens with zero attached hydrogens (tertiary/aromatic N) is 4. The van der Waals surface area contributed by atoms with Gasteiger partial charge in [-0.3, -0.25) is 35.8 Å². The lowest BCUT2D eigenvalue weighted by Crippen LogP contribution is -2.02. The van der Waals surface area contributed by atoms with Crippen LogP contribution in [0.4, 0.5) is 22.7 Å². The predicted octanol–water partition coefficient (Wildman–Crippen LogP) is 5.49. The molecule has 1 N–H and O–H groups in total. The Hall–Kier alpha value is -4.78. The largest absolute Gasteiger partial charge is 0.490 e. The summed E-state index contributed by atoms with van der Waals surface area (Å²) in [6, 6.07) is 12.1. The van der Waals surface area contributed by atoms with Gasteiger partial charge in [0.15, 0.2) is 11.5 Å². The second kappa shape index (κ2) is 11.6. The Morgan fingerprint density at radius 3 is 2.19 bits per heavy atom. The normalized spacial score (nSPS) is 10.7. The van der Waals surface area contributed by atoms with E-state index in [0.29, 0.717) is 23.5 Å². The van der Waals surface area contributed by atoms with Crippen molar-refractivity contribution in [1.82, 2.24) is 0 Å². The minimum Gasteiger partial charge on any atom is -0.490 e. The van der Waals surface area contributed by atoms with Crippen LogP contribution in [0.1, 0.15) is 18.1 Å². The molecular weight excluding hydrogens is 498 g/mol. The summed E-state index contributed by atoms with van der Waals surface area (Å²) in [5, 5.41) is 37.1. The van der Waals surface area contributed by atoms with Crippen LogP contribution in [0, 0.1) is 30.3 Å². The molecule has 0 spiro atoms. The van der Waals surface area contributed by atoms with Gasteiger partial charge in [-0.1, -0.05) is 11.6 Å². The summed E-state index contributed by atoms with van der Waals surface area (Å²) in [4.78, 5) is 30.9. The van der Waals surface area contributed by atoms with E-state index in [4.69, 9.17) is 21.1 Å². The van der Waals surface area contributed by atoms with E-state index in [9.17, 15) is 30.3 Å². The van der Waals surface area contributed by atoms with Gasteiger partial charge >= 0.3 is 5.69 Å². The van der Waals surface area contributed by atoms with Crippen LogP contribution in [-0.2, 0) is 6.61 Å². The first kappa shape index (κ1) is 25.8. The summed E-state index contributed by atoms with van der Waals surface area (Å²) in [6.45, 7) is 2.15. The van der Waals surface area contributed by atoms with Crippen molar-refractivity contribution in [3.63, 3.8) is 0 Å². The van der Waals surface area contributed by atoms with Gasteiger partial charge in [0.05, 0.1) is 38.7 Å². The Morgan fingerprint density at radius 2 is 1.58 bits per heavy atom. The predicted molar refractivity (Wildman–Crippen MR) is 131 cm³/mol. The van der Waals surface area contributed by atoms with Gasteiger partial charge in [-0.05, 0) is 48.4 Å². The second-order valence-corrected chi connectivity index (χ2v) is 7.47. The van der Waals surface area contributed by atoms with E-state index < -0.39 is 26.1 Å². The number of benzene rings is 3. The molecule has 0 aliphatic heterocycles. The fraction of sp³-hybridized carbons (Fsp3) is 0.136. The summed E-state index contributed by atoms with van der Waals surface area (Å²) in [7, 11) is 0. The van der Waals surface area contributed by atoms with Crippen molar-refractivity contribution in [3.8, 4) is 11.5 Å². The molecule has 0 unspecified atom stereocenters. The molecule has 0 heterocycles. The highest BCUT2D eigenvalue weighted by molar-refractivity contribution is 6.32. The maximum atomic E-state index is 11.3. The molecule has 0 aliphatic rings. The molecule has 186 valence electrons.